The van der Waals surface area contributed by atoms with Gasteiger partial charge in [-0.3, -0.25) is 4.99 Å². The van der Waals surface area contributed by atoms with Crippen molar-refractivity contribution >= 4 is 29.9 Å². The maximum atomic E-state index is 5.73. The van der Waals surface area contributed by atoms with E-state index in [4.69, 9.17) is 4.74 Å². The van der Waals surface area contributed by atoms with Gasteiger partial charge in [-0.1, -0.05) is 13.8 Å². The predicted octanol–water partition coefficient (Wildman–Crippen LogP) is 2.77. The summed E-state index contributed by atoms with van der Waals surface area (Å²) in [4.78, 5) is 4.61. The van der Waals surface area contributed by atoms with Gasteiger partial charge in [0.2, 0.25) is 0 Å². The highest BCUT2D eigenvalue weighted by Crippen LogP contribution is 2.18. The molecule has 1 atom stereocenters. The minimum absolute atomic E-state index is 0. The molecule has 0 amide bonds. The second kappa shape index (κ2) is 10.7. The average molecular weight is 383 g/mol. The maximum absolute atomic E-state index is 5.73. The van der Waals surface area contributed by atoms with Crippen molar-refractivity contribution in [1.82, 2.24) is 10.6 Å². The zero-order chi connectivity index (χ0) is 13.4. The van der Waals surface area contributed by atoms with Gasteiger partial charge in [-0.15, -0.1) is 24.0 Å². The molecule has 1 aliphatic rings. The Hall–Kier alpha value is -0.0400. The predicted molar refractivity (Wildman–Crippen MR) is 92.4 cm³/mol. The molecule has 4 nitrogen and oxygen atoms in total. The van der Waals surface area contributed by atoms with Gasteiger partial charge in [0.15, 0.2) is 5.96 Å². The molecule has 0 bridgehead atoms. The summed E-state index contributed by atoms with van der Waals surface area (Å²) in [6, 6.07) is 0.649. The molecular weight excluding hydrogens is 353 g/mol. The van der Waals surface area contributed by atoms with Crippen LogP contribution in [0, 0.1) is 5.92 Å². The zero-order valence-electron chi connectivity index (χ0n) is 12.7. The van der Waals surface area contributed by atoms with Gasteiger partial charge in [0.25, 0.3) is 0 Å². The lowest BCUT2D eigenvalue weighted by atomic mass is 10.0. The number of aliphatic imine (C=N–C) groups is 1. The molecule has 0 heterocycles. The molecule has 19 heavy (non-hydrogen) atoms. The van der Waals surface area contributed by atoms with Crippen LogP contribution in [0.4, 0.5) is 0 Å². The van der Waals surface area contributed by atoms with Crippen LogP contribution in [0.5, 0.6) is 0 Å². The lowest BCUT2D eigenvalue weighted by Crippen LogP contribution is -2.38. The highest BCUT2D eigenvalue weighted by atomic mass is 127. The van der Waals surface area contributed by atoms with Crippen molar-refractivity contribution in [3.63, 3.8) is 0 Å². The summed E-state index contributed by atoms with van der Waals surface area (Å²) in [5.41, 5.74) is 0. The molecule has 0 spiro atoms. The van der Waals surface area contributed by atoms with Crippen molar-refractivity contribution in [2.24, 2.45) is 10.9 Å². The van der Waals surface area contributed by atoms with Crippen LogP contribution < -0.4 is 10.6 Å². The second-order valence-corrected chi connectivity index (χ2v) is 5.21. The smallest absolute Gasteiger partial charge is 0.191 e. The molecule has 1 saturated carbocycles. The number of halogens is 1. The molecule has 0 aromatic carbocycles. The fraction of sp³-hybridized carbons (Fsp3) is 0.929. The summed E-state index contributed by atoms with van der Waals surface area (Å²) in [6.07, 6.45) is 3.87. The van der Waals surface area contributed by atoms with Crippen molar-refractivity contribution in [2.45, 2.75) is 59.1 Å². The van der Waals surface area contributed by atoms with Crippen LogP contribution in [0.1, 0.15) is 47.0 Å². The van der Waals surface area contributed by atoms with Crippen LogP contribution in [0.15, 0.2) is 4.99 Å². The number of hydrogen-bond acceptors (Lipinski definition) is 2. The third kappa shape index (κ3) is 8.68. The number of ether oxygens (including phenoxy) is 1. The third-order valence-electron chi connectivity index (χ3n) is 3.07. The van der Waals surface area contributed by atoms with E-state index in [0.29, 0.717) is 18.1 Å². The minimum Gasteiger partial charge on any atom is -0.378 e. The molecular formula is C14H30IN3O. The summed E-state index contributed by atoms with van der Waals surface area (Å²) in [5, 5.41) is 6.71. The van der Waals surface area contributed by atoms with Crippen molar-refractivity contribution in [2.75, 3.05) is 19.7 Å². The highest BCUT2D eigenvalue weighted by molar-refractivity contribution is 14.0. The van der Waals surface area contributed by atoms with Gasteiger partial charge in [-0.25, -0.2) is 0 Å². The Bertz CT molecular complexity index is 255. The molecule has 114 valence electrons. The lowest BCUT2D eigenvalue weighted by Gasteiger charge is -2.20. The molecule has 0 aromatic heterocycles. The van der Waals surface area contributed by atoms with Gasteiger partial charge < -0.3 is 15.4 Å². The molecule has 2 N–H and O–H groups in total. The van der Waals surface area contributed by atoms with Crippen molar-refractivity contribution in [1.29, 1.82) is 0 Å². The average Bonchev–Trinajstić information content (AvgIpc) is 3.11. The van der Waals surface area contributed by atoms with Gasteiger partial charge in [-0.05, 0) is 39.0 Å². The second-order valence-electron chi connectivity index (χ2n) is 5.21. The fourth-order valence-corrected chi connectivity index (χ4v) is 1.87. The molecule has 1 fully saturated rings. The normalized spacial score (nSPS) is 17.0. The van der Waals surface area contributed by atoms with E-state index in [1.807, 2.05) is 0 Å². The first-order valence-corrected chi connectivity index (χ1v) is 7.33. The van der Waals surface area contributed by atoms with Gasteiger partial charge in [0, 0.05) is 25.7 Å². The van der Waals surface area contributed by atoms with Crippen LogP contribution in [-0.4, -0.2) is 37.8 Å². The molecule has 0 aromatic rings. The Morgan fingerprint density at radius 1 is 1.32 bits per heavy atom. The van der Waals surface area contributed by atoms with Gasteiger partial charge in [-0.2, -0.15) is 0 Å². The quantitative estimate of drug-likeness (QED) is 0.385. The Morgan fingerprint density at radius 2 is 2.00 bits per heavy atom. The van der Waals surface area contributed by atoms with E-state index < -0.39 is 0 Å². The molecule has 1 aliphatic carbocycles. The zero-order valence-corrected chi connectivity index (χ0v) is 15.1. The van der Waals surface area contributed by atoms with Gasteiger partial charge >= 0.3 is 0 Å². The summed E-state index contributed by atoms with van der Waals surface area (Å²) in [6.45, 7) is 11.1. The molecule has 5 heteroatoms. The Kier molecular flexibility index (Phi) is 10.7. The topological polar surface area (TPSA) is 45.7 Å². The van der Waals surface area contributed by atoms with Crippen molar-refractivity contribution in [3.8, 4) is 0 Å². The van der Waals surface area contributed by atoms with Crippen molar-refractivity contribution < 1.29 is 4.74 Å². The summed E-state index contributed by atoms with van der Waals surface area (Å²) in [5.74, 6) is 1.51. The maximum Gasteiger partial charge on any atom is 0.191 e. The van der Waals surface area contributed by atoms with Crippen LogP contribution in [0.3, 0.4) is 0 Å². The van der Waals surface area contributed by atoms with Crippen molar-refractivity contribution in [3.05, 3.63) is 0 Å². The number of hydrogen-bond donors (Lipinski definition) is 2. The summed E-state index contributed by atoms with van der Waals surface area (Å²) < 4.78 is 5.73. The highest BCUT2D eigenvalue weighted by Gasteiger charge is 2.22. The molecule has 1 unspecified atom stereocenters. The molecule has 0 saturated heterocycles. The Labute approximate surface area is 135 Å². The summed E-state index contributed by atoms with van der Waals surface area (Å²) >= 11 is 0. The van der Waals surface area contributed by atoms with Gasteiger partial charge in [0.1, 0.15) is 0 Å². The SMILES string of the molecule is CCNC(=NCCC(OCC)C(C)C)NC1CC1.I. The van der Waals surface area contributed by atoms with E-state index in [-0.39, 0.29) is 24.0 Å². The first-order chi connectivity index (χ1) is 8.67. The summed E-state index contributed by atoms with van der Waals surface area (Å²) in [7, 11) is 0. The number of nitrogens with one attached hydrogen (secondary N) is 2. The largest absolute Gasteiger partial charge is 0.378 e. The molecule has 1 rings (SSSR count). The van der Waals surface area contributed by atoms with E-state index in [9.17, 15) is 0 Å². The number of guanidine groups is 1. The minimum atomic E-state index is 0. The van der Waals surface area contributed by atoms with E-state index >= 15 is 0 Å². The standard InChI is InChI=1S/C14H29N3O.HI/c1-5-15-14(17-12-7-8-12)16-10-9-13(11(3)4)18-6-2;/h11-13H,5-10H2,1-4H3,(H2,15,16,17);1H. The third-order valence-corrected chi connectivity index (χ3v) is 3.07. The fourth-order valence-electron chi connectivity index (χ4n) is 1.87. The monoisotopic (exact) mass is 383 g/mol. The Morgan fingerprint density at radius 3 is 2.47 bits per heavy atom. The first kappa shape index (κ1) is 19.0. The van der Waals surface area contributed by atoms with Gasteiger partial charge in [0.05, 0.1) is 6.10 Å². The van der Waals surface area contributed by atoms with Crippen LogP contribution >= 0.6 is 24.0 Å². The molecule has 0 aliphatic heterocycles. The van der Waals surface area contributed by atoms with Crippen LogP contribution in [-0.2, 0) is 4.74 Å². The first-order valence-electron chi connectivity index (χ1n) is 7.33. The van der Waals surface area contributed by atoms with Crippen LogP contribution in [0.2, 0.25) is 0 Å². The molecule has 0 radical (unpaired) electrons. The van der Waals surface area contributed by atoms with E-state index in [2.05, 4.69) is 43.3 Å². The van der Waals surface area contributed by atoms with Crippen LogP contribution in [0.25, 0.3) is 0 Å². The van der Waals surface area contributed by atoms with E-state index in [1.54, 1.807) is 0 Å². The lowest BCUT2D eigenvalue weighted by molar-refractivity contribution is 0.0266. The number of rotatable bonds is 8. The number of nitrogens with zero attached hydrogens (tertiary/aromatic N) is 1. The van der Waals surface area contributed by atoms with E-state index in [0.717, 1.165) is 32.1 Å². The Balaban J connectivity index is 0.00000324. The van der Waals surface area contributed by atoms with E-state index in [1.165, 1.54) is 12.8 Å².